The van der Waals surface area contributed by atoms with Crippen LogP contribution >= 0.6 is 0 Å². The number of carbonyl (C=O) groups excluding carboxylic acids is 1. The van der Waals surface area contributed by atoms with Gasteiger partial charge in [0.1, 0.15) is 0 Å². The molecule has 1 aromatic carbocycles. The number of hydrogen-bond acceptors (Lipinski definition) is 3. The van der Waals surface area contributed by atoms with Gasteiger partial charge < -0.3 is 15.0 Å². The third kappa shape index (κ3) is 3.09. The Morgan fingerprint density at radius 1 is 1.17 bits per heavy atom. The highest BCUT2D eigenvalue weighted by atomic mass is 16.5. The number of hydrogen-bond donors (Lipinski definition) is 1. The monoisotopic (exact) mass is 328 g/mol. The molecular formula is C20H28N2O2. The van der Waals surface area contributed by atoms with Gasteiger partial charge in [-0.25, -0.2) is 0 Å². The first-order chi connectivity index (χ1) is 11.7. The summed E-state index contributed by atoms with van der Waals surface area (Å²) in [5.74, 6) is 1.98. The lowest BCUT2D eigenvalue weighted by molar-refractivity contribution is -0.0113. The summed E-state index contributed by atoms with van der Waals surface area (Å²) < 4.78 is 5.65. The number of nitrogens with one attached hydrogen (secondary N) is 1. The van der Waals surface area contributed by atoms with E-state index in [4.69, 9.17) is 4.74 Å². The molecule has 1 aliphatic carbocycles. The van der Waals surface area contributed by atoms with Gasteiger partial charge in [-0.15, -0.1) is 0 Å². The van der Waals surface area contributed by atoms with Crippen LogP contribution < -0.4 is 5.32 Å². The van der Waals surface area contributed by atoms with Crippen LogP contribution in [0, 0.1) is 17.8 Å². The summed E-state index contributed by atoms with van der Waals surface area (Å²) in [7, 11) is 1.81. The summed E-state index contributed by atoms with van der Waals surface area (Å²) in [6, 6.07) is 8.32. The van der Waals surface area contributed by atoms with Crippen molar-refractivity contribution in [2.24, 2.45) is 17.8 Å². The summed E-state index contributed by atoms with van der Waals surface area (Å²) in [4.78, 5) is 14.9. The maximum atomic E-state index is 12.8. The molecule has 0 radical (unpaired) electrons. The van der Waals surface area contributed by atoms with Crippen molar-refractivity contribution in [3.8, 4) is 0 Å². The SMILES string of the molecule is COC1[C@@H]2CC[C@H]1CN(C(=O)c1ccc(CC3CCNC3)cc1)C2. The van der Waals surface area contributed by atoms with Crippen LogP contribution in [0.3, 0.4) is 0 Å². The van der Waals surface area contributed by atoms with Crippen LogP contribution in [0.15, 0.2) is 24.3 Å². The van der Waals surface area contributed by atoms with E-state index in [9.17, 15) is 4.79 Å². The molecule has 1 saturated carbocycles. The number of likely N-dealkylation sites (tertiary alicyclic amines) is 1. The standard InChI is InChI=1S/C20H28N2O2/c1-24-19-17-6-7-18(19)13-22(12-17)20(23)16-4-2-14(3-5-16)10-15-8-9-21-11-15/h2-5,15,17-19,21H,6-13H2,1H3/t15?,17-,18+,19?. The first kappa shape index (κ1) is 16.1. The first-order valence-corrected chi connectivity index (χ1v) is 9.36. The van der Waals surface area contributed by atoms with E-state index in [-0.39, 0.29) is 5.91 Å². The van der Waals surface area contributed by atoms with Crippen LogP contribution in [0.25, 0.3) is 0 Å². The fourth-order valence-corrected chi connectivity index (χ4v) is 4.91. The van der Waals surface area contributed by atoms with Gasteiger partial charge in [0.15, 0.2) is 0 Å². The molecule has 0 spiro atoms. The molecule has 3 fully saturated rings. The lowest BCUT2D eigenvalue weighted by Crippen LogP contribution is -2.48. The lowest BCUT2D eigenvalue weighted by atomic mass is 9.94. The number of piperidine rings is 1. The summed E-state index contributed by atoms with van der Waals surface area (Å²) in [6.45, 7) is 3.96. The fraction of sp³-hybridized carbons (Fsp3) is 0.650. The third-order valence-electron chi connectivity index (χ3n) is 6.19. The molecule has 3 aliphatic rings. The van der Waals surface area contributed by atoms with Gasteiger partial charge in [-0.2, -0.15) is 0 Å². The Kier molecular flexibility index (Phi) is 4.59. The van der Waals surface area contributed by atoms with Crippen molar-refractivity contribution in [1.29, 1.82) is 0 Å². The van der Waals surface area contributed by atoms with Crippen molar-refractivity contribution < 1.29 is 9.53 Å². The second kappa shape index (κ2) is 6.85. The molecule has 24 heavy (non-hydrogen) atoms. The number of benzene rings is 1. The van der Waals surface area contributed by atoms with Crippen LogP contribution in [0.2, 0.25) is 0 Å². The number of fused-ring (bicyclic) bond motifs is 2. The van der Waals surface area contributed by atoms with Crippen molar-refractivity contribution in [2.75, 3.05) is 33.3 Å². The van der Waals surface area contributed by atoms with Crippen LogP contribution in [0.4, 0.5) is 0 Å². The maximum absolute atomic E-state index is 12.8. The number of methoxy groups -OCH3 is 1. The summed E-state index contributed by atoms with van der Waals surface area (Å²) in [5, 5.41) is 3.42. The molecule has 1 N–H and O–H groups in total. The molecule has 2 saturated heterocycles. The molecule has 0 aromatic heterocycles. The highest BCUT2D eigenvalue weighted by Crippen LogP contribution is 2.38. The Balaban J connectivity index is 1.39. The number of ether oxygens (including phenoxy) is 1. The minimum Gasteiger partial charge on any atom is -0.381 e. The van der Waals surface area contributed by atoms with Gasteiger partial charge in [0.25, 0.3) is 5.91 Å². The normalized spacial score (nSPS) is 32.3. The minimum absolute atomic E-state index is 0.190. The van der Waals surface area contributed by atoms with E-state index in [0.717, 1.165) is 44.1 Å². The average Bonchev–Trinajstić information content (AvgIpc) is 3.20. The first-order valence-electron chi connectivity index (χ1n) is 9.36. The Morgan fingerprint density at radius 3 is 2.46 bits per heavy atom. The van der Waals surface area contributed by atoms with Crippen LogP contribution in [-0.2, 0) is 11.2 Å². The molecule has 4 rings (SSSR count). The minimum atomic E-state index is 0.190. The molecule has 2 bridgehead atoms. The van der Waals surface area contributed by atoms with E-state index in [1.54, 1.807) is 0 Å². The molecular weight excluding hydrogens is 300 g/mol. The molecule has 4 nitrogen and oxygen atoms in total. The lowest BCUT2D eigenvalue weighted by Gasteiger charge is -2.37. The molecule has 4 atom stereocenters. The van der Waals surface area contributed by atoms with E-state index < -0.39 is 0 Å². The van der Waals surface area contributed by atoms with Crippen molar-refractivity contribution in [3.63, 3.8) is 0 Å². The summed E-state index contributed by atoms with van der Waals surface area (Å²) in [6.07, 6.45) is 5.13. The second-order valence-electron chi connectivity index (χ2n) is 7.77. The van der Waals surface area contributed by atoms with Crippen LogP contribution in [-0.4, -0.2) is 50.2 Å². The van der Waals surface area contributed by atoms with E-state index >= 15 is 0 Å². The molecule has 130 valence electrons. The topological polar surface area (TPSA) is 41.6 Å². The fourth-order valence-electron chi connectivity index (χ4n) is 4.91. The van der Waals surface area contributed by atoms with Gasteiger partial charge in [0.05, 0.1) is 6.10 Å². The van der Waals surface area contributed by atoms with Crippen molar-refractivity contribution in [3.05, 3.63) is 35.4 Å². The van der Waals surface area contributed by atoms with Gasteiger partial charge in [-0.3, -0.25) is 4.79 Å². The maximum Gasteiger partial charge on any atom is 0.253 e. The molecule has 2 aliphatic heterocycles. The number of rotatable bonds is 4. The predicted octanol–water partition coefficient (Wildman–Crippen LogP) is 2.34. The van der Waals surface area contributed by atoms with E-state index in [1.807, 2.05) is 24.1 Å². The zero-order valence-corrected chi connectivity index (χ0v) is 14.5. The van der Waals surface area contributed by atoms with E-state index in [0.29, 0.717) is 17.9 Å². The summed E-state index contributed by atoms with van der Waals surface area (Å²) >= 11 is 0. The zero-order valence-electron chi connectivity index (χ0n) is 14.5. The van der Waals surface area contributed by atoms with Crippen molar-refractivity contribution in [1.82, 2.24) is 10.2 Å². The van der Waals surface area contributed by atoms with Gasteiger partial charge in [-0.1, -0.05) is 12.1 Å². The Hall–Kier alpha value is -1.39. The quantitative estimate of drug-likeness (QED) is 0.922. The molecule has 2 heterocycles. The highest BCUT2D eigenvalue weighted by Gasteiger charge is 2.43. The van der Waals surface area contributed by atoms with Crippen LogP contribution in [0.1, 0.15) is 35.2 Å². The molecule has 1 aromatic rings. The van der Waals surface area contributed by atoms with Crippen LogP contribution in [0.5, 0.6) is 0 Å². The predicted molar refractivity (Wildman–Crippen MR) is 94.0 cm³/mol. The smallest absolute Gasteiger partial charge is 0.253 e. The van der Waals surface area contributed by atoms with Gasteiger partial charge in [0.2, 0.25) is 0 Å². The molecule has 2 unspecified atom stereocenters. The molecule has 1 amide bonds. The van der Waals surface area contributed by atoms with Gasteiger partial charge in [-0.05, 0) is 62.4 Å². The Labute approximate surface area is 144 Å². The molecule has 4 heteroatoms. The summed E-state index contributed by atoms with van der Waals surface area (Å²) in [5.41, 5.74) is 2.18. The number of nitrogens with zero attached hydrogens (tertiary/aromatic N) is 1. The van der Waals surface area contributed by atoms with Crippen molar-refractivity contribution in [2.45, 2.75) is 31.8 Å². The van der Waals surface area contributed by atoms with Crippen molar-refractivity contribution >= 4 is 5.91 Å². The highest BCUT2D eigenvalue weighted by molar-refractivity contribution is 5.94. The average molecular weight is 328 g/mol. The van der Waals surface area contributed by atoms with E-state index in [2.05, 4.69) is 17.4 Å². The number of carbonyl (C=O) groups is 1. The van der Waals surface area contributed by atoms with E-state index in [1.165, 1.54) is 24.8 Å². The Morgan fingerprint density at radius 2 is 1.88 bits per heavy atom. The third-order valence-corrected chi connectivity index (χ3v) is 6.19. The number of amides is 1. The zero-order chi connectivity index (χ0) is 16.5. The second-order valence-corrected chi connectivity index (χ2v) is 7.77. The Bertz CT molecular complexity index is 566. The largest absolute Gasteiger partial charge is 0.381 e. The van der Waals surface area contributed by atoms with Gasteiger partial charge >= 0.3 is 0 Å². The van der Waals surface area contributed by atoms with Gasteiger partial charge in [0, 0.05) is 37.6 Å².